The smallest absolute Gasteiger partial charge is 0.152 e. The van der Waals surface area contributed by atoms with Crippen LogP contribution in [0.5, 0.6) is 0 Å². The first-order valence-electron chi connectivity index (χ1n) is 12.5. The third-order valence-corrected chi connectivity index (χ3v) is 8.26. The Kier molecular flexibility index (Phi) is 9.49. The van der Waals surface area contributed by atoms with Crippen molar-refractivity contribution in [3.63, 3.8) is 0 Å². The minimum Gasteiger partial charge on any atom is -0.297 e. The van der Waals surface area contributed by atoms with Gasteiger partial charge in [0.15, 0.2) is 9.84 Å². The first-order chi connectivity index (χ1) is 17.1. The average molecular weight is 492 g/mol. The Morgan fingerprint density at radius 2 is 0.743 bits per heavy atom. The summed E-state index contributed by atoms with van der Waals surface area (Å²) in [4.78, 5) is 7.11. The van der Waals surface area contributed by atoms with Crippen LogP contribution in [0.4, 0.5) is 0 Å². The number of benzene rings is 3. The van der Waals surface area contributed by atoms with Crippen LogP contribution in [0.25, 0.3) is 0 Å². The standard InChI is InChI=1S/C29H37N3O2S/c33-35(34)22-20-31(25-28-12-6-2-7-13-28)18-16-30(24-27-10-4-1-5-11-27)17-19-32(21-23-35)26-29-14-8-3-9-15-29/h1-15H,16-26H2. The molecule has 186 valence electrons. The van der Waals surface area contributed by atoms with Gasteiger partial charge in [-0.3, -0.25) is 14.7 Å². The van der Waals surface area contributed by atoms with Gasteiger partial charge in [-0.15, -0.1) is 0 Å². The van der Waals surface area contributed by atoms with E-state index in [-0.39, 0.29) is 11.5 Å². The average Bonchev–Trinajstić information content (AvgIpc) is 2.88. The topological polar surface area (TPSA) is 43.9 Å². The van der Waals surface area contributed by atoms with E-state index in [4.69, 9.17) is 0 Å². The molecule has 0 atom stereocenters. The molecule has 1 aliphatic rings. The molecule has 3 aromatic rings. The van der Waals surface area contributed by atoms with Gasteiger partial charge in [0.05, 0.1) is 11.5 Å². The van der Waals surface area contributed by atoms with Gasteiger partial charge in [0, 0.05) is 58.9 Å². The second-order valence-electron chi connectivity index (χ2n) is 9.44. The van der Waals surface area contributed by atoms with Gasteiger partial charge < -0.3 is 0 Å². The van der Waals surface area contributed by atoms with Crippen LogP contribution in [-0.4, -0.2) is 73.9 Å². The van der Waals surface area contributed by atoms with Crippen molar-refractivity contribution in [3.05, 3.63) is 108 Å². The third kappa shape index (κ3) is 8.89. The molecule has 0 radical (unpaired) electrons. The molecule has 1 fully saturated rings. The summed E-state index contributed by atoms with van der Waals surface area (Å²) in [6.07, 6.45) is 0. The zero-order valence-electron chi connectivity index (χ0n) is 20.5. The maximum atomic E-state index is 12.9. The fourth-order valence-corrected chi connectivity index (χ4v) is 5.82. The molecule has 1 heterocycles. The fourth-order valence-electron chi connectivity index (χ4n) is 4.54. The van der Waals surface area contributed by atoms with Crippen LogP contribution in [0, 0.1) is 0 Å². The van der Waals surface area contributed by atoms with Gasteiger partial charge in [-0.1, -0.05) is 91.0 Å². The molecule has 5 nitrogen and oxygen atoms in total. The van der Waals surface area contributed by atoms with Crippen LogP contribution in [0.2, 0.25) is 0 Å². The van der Waals surface area contributed by atoms with Gasteiger partial charge in [-0.2, -0.15) is 0 Å². The van der Waals surface area contributed by atoms with E-state index in [1.165, 1.54) is 16.7 Å². The highest BCUT2D eigenvalue weighted by atomic mass is 32.2. The fraction of sp³-hybridized carbons (Fsp3) is 0.379. The van der Waals surface area contributed by atoms with E-state index in [1.807, 2.05) is 36.4 Å². The van der Waals surface area contributed by atoms with E-state index < -0.39 is 9.84 Å². The summed E-state index contributed by atoms with van der Waals surface area (Å²) < 4.78 is 25.8. The van der Waals surface area contributed by atoms with Crippen LogP contribution >= 0.6 is 0 Å². The van der Waals surface area contributed by atoms with Crippen LogP contribution in [0.15, 0.2) is 91.0 Å². The zero-order valence-corrected chi connectivity index (χ0v) is 21.3. The first-order valence-corrected chi connectivity index (χ1v) is 14.4. The molecule has 4 rings (SSSR count). The normalized spacial score (nSPS) is 19.0. The lowest BCUT2D eigenvalue weighted by Crippen LogP contribution is -2.43. The second kappa shape index (κ2) is 13.0. The van der Waals surface area contributed by atoms with Crippen molar-refractivity contribution in [2.75, 3.05) is 50.8 Å². The Balaban J connectivity index is 1.49. The van der Waals surface area contributed by atoms with Gasteiger partial charge in [-0.05, 0) is 16.7 Å². The van der Waals surface area contributed by atoms with Crippen molar-refractivity contribution < 1.29 is 8.42 Å². The van der Waals surface area contributed by atoms with E-state index in [1.54, 1.807) is 0 Å². The molecular weight excluding hydrogens is 454 g/mol. The van der Waals surface area contributed by atoms with Crippen LogP contribution in [0.1, 0.15) is 16.7 Å². The van der Waals surface area contributed by atoms with E-state index in [2.05, 4.69) is 69.3 Å². The van der Waals surface area contributed by atoms with Crippen molar-refractivity contribution >= 4 is 9.84 Å². The number of nitrogens with zero attached hydrogens (tertiary/aromatic N) is 3. The Labute approximate surface area is 210 Å². The molecule has 1 saturated heterocycles. The third-order valence-electron chi connectivity index (χ3n) is 6.65. The monoisotopic (exact) mass is 491 g/mol. The summed E-state index contributed by atoms with van der Waals surface area (Å²) in [5, 5.41) is 0. The molecule has 0 bridgehead atoms. The number of rotatable bonds is 6. The first kappa shape index (κ1) is 25.6. The summed E-state index contributed by atoms with van der Waals surface area (Å²) >= 11 is 0. The summed E-state index contributed by atoms with van der Waals surface area (Å²) in [5.74, 6) is 0.412. The van der Waals surface area contributed by atoms with Crippen LogP contribution < -0.4 is 0 Å². The highest BCUT2D eigenvalue weighted by Crippen LogP contribution is 2.11. The Morgan fingerprint density at radius 1 is 0.457 bits per heavy atom. The van der Waals surface area contributed by atoms with Gasteiger partial charge >= 0.3 is 0 Å². The lowest BCUT2D eigenvalue weighted by molar-refractivity contribution is 0.169. The van der Waals surface area contributed by atoms with Crippen molar-refractivity contribution in [2.45, 2.75) is 19.6 Å². The molecule has 0 unspecified atom stereocenters. The predicted octanol–water partition coefficient (Wildman–Crippen LogP) is 3.92. The zero-order chi connectivity index (χ0) is 24.3. The molecule has 0 aromatic heterocycles. The molecule has 0 saturated carbocycles. The largest absolute Gasteiger partial charge is 0.297 e. The SMILES string of the molecule is O=S1(=O)CCN(Cc2ccccc2)CCN(Cc2ccccc2)CCN(Cc2ccccc2)CC1. The van der Waals surface area contributed by atoms with E-state index in [9.17, 15) is 8.42 Å². The molecular formula is C29H37N3O2S. The molecule has 3 aromatic carbocycles. The van der Waals surface area contributed by atoms with E-state index in [0.29, 0.717) is 13.1 Å². The van der Waals surface area contributed by atoms with Gasteiger partial charge in [0.1, 0.15) is 0 Å². The van der Waals surface area contributed by atoms with E-state index in [0.717, 1.165) is 45.8 Å². The summed E-state index contributed by atoms with van der Waals surface area (Å²) in [5.41, 5.74) is 3.76. The van der Waals surface area contributed by atoms with Crippen LogP contribution in [-0.2, 0) is 29.5 Å². The lowest BCUT2D eigenvalue weighted by Gasteiger charge is -2.31. The second-order valence-corrected chi connectivity index (χ2v) is 11.7. The van der Waals surface area contributed by atoms with Crippen molar-refractivity contribution in [3.8, 4) is 0 Å². The molecule has 0 spiro atoms. The van der Waals surface area contributed by atoms with Gasteiger partial charge in [0.25, 0.3) is 0 Å². The summed E-state index contributed by atoms with van der Waals surface area (Å²) in [6.45, 7) is 7.07. The van der Waals surface area contributed by atoms with Crippen LogP contribution in [0.3, 0.4) is 0 Å². The molecule has 6 heteroatoms. The number of sulfone groups is 1. The summed E-state index contributed by atoms with van der Waals surface area (Å²) in [7, 11) is -3.12. The highest BCUT2D eigenvalue weighted by Gasteiger charge is 2.20. The molecule has 1 aliphatic heterocycles. The maximum absolute atomic E-state index is 12.9. The predicted molar refractivity (Wildman–Crippen MR) is 144 cm³/mol. The lowest BCUT2D eigenvalue weighted by atomic mass is 10.2. The minimum absolute atomic E-state index is 0.206. The Morgan fingerprint density at radius 3 is 1.06 bits per heavy atom. The Hall–Kier alpha value is -2.51. The molecule has 0 amide bonds. The molecule has 0 aliphatic carbocycles. The Bertz CT molecular complexity index is 1040. The number of hydrogen-bond acceptors (Lipinski definition) is 5. The molecule has 35 heavy (non-hydrogen) atoms. The molecule has 0 N–H and O–H groups in total. The van der Waals surface area contributed by atoms with Gasteiger partial charge in [0.2, 0.25) is 0 Å². The highest BCUT2D eigenvalue weighted by molar-refractivity contribution is 7.91. The van der Waals surface area contributed by atoms with Crippen molar-refractivity contribution in [1.82, 2.24) is 14.7 Å². The summed E-state index contributed by atoms with van der Waals surface area (Å²) in [6, 6.07) is 31.3. The number of hydrogen-bond donors (Lipinski definition) is 0. The quantitative estimate of drug-likeness (QED) is 0.523. The van der Waals surface area contributed by atoms with Crippen molar-refractivity contribution in [1.29, 1.82) is 0 Å². The van der Waals surface area contributed by atoms with E-state index >= 15 is 0 Å². The van der Waals surface area contributed by atoms with Crippen molar-refractivity contribution in [2.24, 2.45) is 0 Å². The van der Waals surface area contributed by atoms with Gasteiger partial charge in [-0.25, -0.2) is 8.42 Å². The maximum Gasteiger partial charge on any atom is 0.152 e. The minimum atomic E-state index is -3.12.